The molecule has 3 rings (SSSR count). The first-order valence-corrected chi connectivity index (χ1v) is 10.7. The lowest BCUT2D eigenvalue weighted by atomic mass is 10.1. The highest BCUT2D eigenvalue weighted by atomic mass is 79.9. The van der Waals surface area contributed by atoms with Gasteiger partial charge in [0.2, 0.25) is 0 Å². The molecule has 0 aromatic heterocycles. The third-order valence-electron chi connectivity index (χ3n) is 5.01. The van der Waals surface area contributed by atoms with Gasteiger partial charge in [-0.25, -0.2) is 0 Å². The van der Waals surface area contributed by atoms with E-state index < -0.39 is 0 Å². The molecule has 0 fully saturated rings. The minimum atomic E-state index is -0.0345. The first-order chi connectivity index (χ1) is 14.9. The van der Waals surface area contributed by atoms with Crippen LogP contribution in [0.5, 0.6) is 11.5 Å². The zero-order valence-electron chi connectivity index (χ0n) is 18.3. The molecule has 0 unspecified atom stereocenters. The summed E-state index contributed by atoms with van der Waals surface area (Å²) in [5.41, 5.74) is 3.79. The Labute approximate surface area is 192 Å². The van der Waals surface area contributed by atoms with Gasteiger partial charge in [0.05, 0.1) is 14.2 Å². The molecule has 0 saturated carbocycles. The lowest BCUT2D eigenvalue weighted by molar-refractivity contribution is 0.0730. The summed E-state index contributed by atoms with van der Waals surface area (Å²) >= 11 is 3.46. The van der Waals surface area contributed by atoms with Crippen LogP contribution in [0.15, 0.2) is 71.2 Å². The predicted octanol–water partition coefficient (Wildman–Crippen LogP) is 5.37. The molecule has 0 heterocycles. The molecular weight excluding hydrogens is 456 g/mol. The lowest BCUT2D eigenvalue weighted by Crippen LogP contribution is -2.30. The fraction of sp³-hybridized carbons (Fsp3) is 0.240. The summed E-state index contributed by atoms with van der Waals surface area (Å²) < 4.78 is 11.6. The molecule has 0 N–H and O–H groups in total. The molecule has 5 nitrogen and oxygen atoms in total. The maximum atomic E-state index is 13.4. The second-order valence-electron chi connectivity index (χ2n) is 7.42. The molecule has 1 amide bonds. The number of anilines is 1. The van der Waals surface area contributed by atoms with Gasteiger partial charge in [0.15, 0.2) is 11.5 Å². The standard InChI is InChI=1S/C25H27BrN2O3/c1-27(2)22-11-8-18(9-12-22)16-28(25(29)20-6-5-7-21(26)15-20)17-19-10-13-23(30-3)24(14-19)31-4/h5-15H,16-17H2,1-4H3. The molecule has 0 radical (unpaired) electrons. The minimum absolute atomic E-state index is 0.0345. The molecule has 31 heavy (non-hydrogen) atoms. The maximum absolute atomic E-state index is 13.4. The summed E-state index contributed by atoms with van der Waals surface area (Å²) in [5.74, 6) is 1.27. The quantitative estimate of drug-likeness (QED) is 0.432. The monoisotopic (exact) mass is 482 g/mol. The number of ether oxygens (including phenoxy) is 2. The number of methoxy groups -OCH3 is 2. The molecule has 0 saturated heterocycles. The van der Waals surface area contributed by atoms with Crippen molar-refractivity contribution in [1.82, 2.24) is 4.90 Å². The van der Waals surface area contributed by atoms with Gasteiger partial charge in [0.25, 0.3) is 5.91 Å². The summed E-state index contributed by atoms with van der Waals surface area (Å²) in [6.07, 6.45) is 0. The molecule has 3 aromatic rings. The second-order valence-corrected chi connectivity index (χ2v) is 8.34. The van der Waals surface area contributed by atoms with Crippen LogP contribution in [-0.2, 0) is 13.1 Å². The van der Waals surface area contributed by atoms with Gasteiger partial charge in [-0.05, 0) is 53.6 Å². The van der Waals surface area contributed by atoms with Gasteiger partial charge in [-0.2, -0.15) is 0 Å². The largest absolute Gasteiger partial charge is 0.493 e. The Kier molecular flexibility index (Phi) is 7.58. The zero-order valence-corrected chi connectivity index (χ0v) is 19.8. The first-order valence-electron chi connectivity index (χ1n) is 9.93. The van der Waals surface area contributed by atoms with E-state index in [0.717, 1.165) is 21.3 Å². The Hall–Kier alpha value is -2.99. The van der Waals surface area contributed by atoms with Crippen molar-refractivity contribution < 1.29 is 14.3 Å². The number of halogens is 1. The number of nitrogens with zero attached hydrogens (tertiary/aromatic N) is 2. The zero-order chi connectivity index (χ0) is 22.4. The van der Waals surface area contributed by atoms with Crippen LogP contribution < -0.4 is 14.4 Å². The third kappa shape index (κ3) is 5.79. The Morgan fingerprint density at radius 2 is 1.48 bits per heavy atom. The number of hydrogen-bond donors (Lipinski definition) is 0. The van der Waals surface area contributed by atoms with E-state index in [1.165, 1.54) is 0 Å². The van der Waals surface area contributed by atoms with Crippen molar-refractivity contribution in [2.24, 2.45) is 0 Å². The smallest absolute Gasteiger partial charge is 0.254 e. The molecule has 0 aliphatic heterocycles. The predicted molar refractivity (Wildman–Crippen MR) is 128 cm³/mol. The number of carbonyl (C=O) groups is 1. The summed E-state index contributed by atoms with van der Waals surface area (Å²) in [6, 6.07) is 21.4. The van der Waals surface area contributed by atoms with E-state index in [4.69, 9.17) is 9.47 Å². The summed E-state index contributed by atoms with van der Waals surface area (Å²) in [5, 5.41) is 0. The summed E-state index contributed by atoms with van der Waals surface area (Å²) in [7, 11) is 7.24. The lowest BCUT2D eigenvalue weighted by Gasteiger charge is -2.24. The summed E-state index contributed by atoms with van der Waals surface area (Å²) in [4.78, 5) is 17.3. The third-order valence-corrected chi connectivity index (χ3v) is 5.50. The van der Waals surface area contributed by atoms with Gasteiger partial charge in [-0.15, -0.1) is 0 Å². The van der Waals surface area contributed by atoms with Gasteiger partial charge >= 0.3 is 0 Å². The molecular formula is C25H27BrN2O3. The number of amides is 1. The fourth-order valence-corrected chi connectivity index (χ4v) is 3.72. The average Bonchev–Trinajstić information content (AvgIpc) is 2.78. The van der Waals surface area contributed by atoms with E-state index in [1.807, 2.05) is 61.5 Å². The normalized spacial score (nSPS) is 10.5. The highest BCUT2D eigenvalue weighted by Crippen LogP contribution is 2.29. The number of benzene rings is 3. The average molecular weight is 483 g/mol. The Morgan fingerprint density at radius 1 is 0.839 bits per heavy atom. The maximum Gasteiger partial charge on any atom is 0.254 e. The topological polar surface area (TPSA) is 42.0 Å². The van der Waals surface area contributed by atoms with Crippen LogP contribution in [-0.4, -0.2) is 39.1 Å². The molecule has 0 atom stereocenters. The molecule has 0 spiro atoms. The van der Waals surface area contributed by atoms with Gasteiger partial charge < -0.3 is 19.3 Å². The highest BCUT2D eigenvalue weighted by Gasteiger charge is 2.18. The SMILES string of the molecule is COc1ccc(CN(Cc2ccc(N(C)C)cc2)C(=O)c2cccc(Br)c2)cc1OC. The van der Waals surface area contributed by atoms with Crippen molar-refractivity contribution >= 4 is 27.5 Å². The van der Waals surface area contributed by atoms with Gasteiger partial charge in [-0.1, -0.05) is 40.2 Å². The van der Waals surface area contributed by atoms with Crippen molar-refractivity contribution in [1.29, 1.82) is 0 Å². The van der Waals surface area contributed by atoms with Crippen LogP contribution in [0.25, 0.3) is 0 Å². The highest BCUT2D eigenvalue weighted by molar-refractivity contribution is 9.10. The van der Waals surface area contributed by atoms with Gasteiger partial charge in [0, 0.05) is 42.9 Å². The van der Waals surface area contributed by atoms with Crippen LogP contribution in [0.4, 0.5) is 5.69 Å². The van der Waals surface area contributed by atoms with E-state index in [2.05, 4.69) is 45.1 Å². The molecule has 0 aliphatic carbocycles. The van der Waals surface area contributed by atoms with Crippen LogP contribution in [0.2, 0.25) is 0 Å². The van der Waals surface area contributed by atoms with Crippen molar-refractivity contribution in [3.63, 3.8) is 0 Å². The molecule has 0 bridgehead atoms. The van der Waals surface area contributed by atoms with Crippen molar-refractivity contribution in [3.05, 3.63) is 87.9 Å². The van der Waals surface area contributed by atoms with Crippen molar-refractivity contribution in [2.75, 3.05) is 33.2 Å². The molecule has 6 heteroatoms. The number of rotatable bonds is 8. The van der Waals surface area contributed by atoms with E-state index in [-0.39, 0.29) is 5.91 Å². The van der Waals surface area contributed by atoms with Gasteiger partial charge in [-0.3, -0.25) is 4.79 Å². The molecule has 162 valence electrons. The second kappa shape index (κ2) is 10.4. The fourth-order valence-electron chi connectivity index (χ4n) is 3.32. The number of hydrogen-bond acceptors (Lipinski definition) is 4. The van der Waals surface area contributed by atoms with E-state index in [0.29, 0.717) is 30.2 Å². The molecule has 0 aliphatic rings. The Balaban J connectivity index is 1.91. The summed E-state index contributed by atoms with van der Waals surface area (Å²) in [6.45, 7) is 0.939. The van der Waals surface area contributed by atoms with Crippen LogP contribution >= 0.6 is 15.9 Å². The molecule has 3 aromatic carbocycles. The van der Waals surface area contributed by atoms with E-state index >= 15 is 0 Å². The Bertz CT molecular complexity index is 1040. The van der Waals surface area contributed by atoms with Crippen LogP contribution in [0, 0.1) is 0 Å². The first kappa shape index (κ1) is 22.7. The van der Waals surface area contributed by atoms with Crippen LogP contribution in [0.3, 0.4) is 0 Å². The van der Waals surface area contributed by atoms with E-state index in [1.54, 1.807) is 14.2 Å². The van der Waals surface area contributed by atoms with Crippen molar-refractivity contribution in [2.45, 2.75) is 13.1 Å². The van der Waals surface area contributed by atoms with E-state index in [9.17, 15) is 4.79 Å². The number of carbonyl (C=O) groups excluding carboxylic acids is 1. The van der Waals surface area contributed by atoms with Crippen LogP contribution in [0.1, 0.15) is 21.5 Å². The van der Waals surface area contributed by atoms with Gasteiger partial charge in [0.1, 0.15) is 0 Å². The Morgan fingerprint density at radius 3 is 2.10 bits per heavy atom. The minimum Gasteiger partial charge on any atom is -0.493 e. The van der Waals surface area contributed by atoms with Crippen molar-refractivity contribution in [3.8, 4) is 11.5 Å².